The van der Waals surface area contributed by atoms with E-state index in [1.54, 1.807) is 12.1 Å². The summed E-state index contributed by atoms with van der Waals surface area (Å²) in [6.07, 6.45) is -0.363. The number of aldehydes is 1. The Hall–Kier alpha value is -1.83. The summed E-state index contributed by atoms with van der Waals surface area (Å²) in [5.41, 5.74) is 1.04. The van der Waals surface area contributed by atoms with Crippen molar-refractivity contribution in [3.63, 3.8) is 0 Å². The molecule has 1 aromatic rings. The quantitative estimate of drug-likeness (QED) is 0.216. The zero-order valence-electron chi connectivity index (χ0n) is 25.3. The van der Waals surface area contributed by atoms with Crippen LogP contribution >= 0.6 is 0 Å². The summed E-state index contributed by atoms with van der Waals surface area (Å²) < 4.78 is 52.7. The van der Waals surface area contributed by atoms with E-state index >= 15 is 0 Å². The lowest BCUT2D eigenvalue weighted by Crippen LogP contribution is -2.56. The van der Waals surface area contributed by atoms with Gasteiger partial charge in [0, 0.05) is 13.1 Å². The number of hydrogen-bond acceptors (Lipinski definition) is 8. The highest BCUT2D eigenvalue weighted by molar-refractivity contribution is 7.89. The molecule has 0 aromatic heterocycles. The summed E-state index contributed by atoms with van der Waals surface area (Å²) in [5.74, 6) is -0.0315. The molecule has 0 unspecified atom stereocenters. The zero-order chi connectivity index (χ0) is 30.2. The van der Waals surface area contributed by atoms with Crippen molar-refractivity contribution >= 4 is 30.7 Å². The van der Waals surface area contributed by atoms with Gasteiger partial charge < -0.3 is 28.7 Å². The maximum absolute atomic E-state index is 13.9. The molecule has 2 heterocycles. The molecule has 0 saturated carbocycles. The van der Waals surface area contributed by atoms with E-state index in [1.807, 2.05) is 32.9 Å². The lowest BCUT2D eigenvalue weighted by molar-refractivity contribution is -0.111. The predicted molar refractivity (Wildman–Crippen MR) is 159 cm³/mol. The molecule has 5 atom stereocenters. The van der Waals surface area contributed by atoms with Crippen LogP contribution in [-0.2, 0) is 39.9 Å². The van der Waals surface area contributed by atoms with Crippen molar-refractivity contribution in [3.05, 3.63) is 29.8 Å². The number of alkyl carbamates (subject to hydrolysis) is 1. The Morgan fingerprint density at radius 2 is 1.76 bits per heavy atom. The van der Waals surface area contributed by atoms with Gasteiger partial charge in [0.15, 0.2) is 14.6 Å². The van der Waals surface area contributed by atoms with E-state index in [0.717, 1.165) is 36.5 Å². The van der Waals surface area contributed by atoms with E-state index in [4.69, 9.17) is 18.6 Å². The molecule has 1 N–H and O–H groups in total. The number of carbonyl (C=O) groups excluding carboxylic acids is 2. The highest BCUT2D eigenvalue weighted by Gasteiger charge is 2.44. The van der Waals surface area contributed by atoms with Crippen LogP contribution in [0.2, 0.25) is 18.1 Å². The van der Waals surface area contributed by atoms with Crippen LogP contribution in [0.15, 0.2) is 29.2 Å². The first kappa shape index (κ1) is 33.7. The Bertz CT molecular complexity index is 1090. The average Bonchev–Trinajstić information content (AvgIpc) is 3.58. The SMILES string of the molecule is CCc1ccc(S(=O)(=O)N(CC(C)C)C[C@@H](O[Si](CC)(CC)CC)[C@H](C=O)NC(=O)O[C@H]2CO[C@H]3OCC[C@H]32)cc1. The minimum Gasteiger partial charge on any atom is -0.443 e. The van der Waals surface area contributed by atoms with Gasteiger partial charge in [-0.25, -0.2) is 13.2 Å². The molecule has 0 radical (unpaired) electrons. The molecule has 10 nitrogen and oxygen atoms in total. The third-order valence-electron chi connectivity index (χ3n) is 8.33. The monoisotopic (exact) mass is 612 g/mol. The number of rotatable bonds is 16. The van der Waals surface area contributed by atoms with Crippen LogP contribution in [0.5, 0.6) is 0 Å². The number of amides is 1. The summed E-state index contributed by atoms with van der Waals surface area (Å²) in [7, 11) is -6.24. The average molecular weight is 613 g/mol. The van der Waals surface area contributed by atoms with Gasteiger partial charge in [-0.3, -0.25) is 0 Å². The lowest BCUT2D eigenvalue weighted by Gasteiger charge is -2.38. The molecular weight excluding hydrogens is 564 g/mol. The molecular formula is C29H48N2O8SSi. The molecule has 1 amide bonds. The minimum atomic E-state index is -3.91. The molecule has 0 spiro atoms. The van der Waals surface area contributed by atoms with Crippen LogP contribution in [0.25, 0.3) is 0 Å². The second-order valence-electron chi connectivity index (χ2n) is 11.4. The number of nitrogens with zero attached hydrogens (tertiary/aromatic N) is 1. The molecule has 3 rings (SSSR count). The smallest absolute Gasteiger partial charge is 0.408 e. The van der Waals surface area contributed by atoms with E-state index in [1.165, 1.54) is 4.31 Å². The Morgan fingerprint density at radius 1 is 1.10 bits per heavy atom. The third kappa shape index (κ3) is 8.38. The van der Waals surface area contributed by atoms with Gasteiger partial charge in [-0.2, -0.15) is 4.31 Å². The summed E-state index contributed by atoms with van der Waals surface area (Å²) in [6.45, 7) is 13.0. The summed E-state index contributed by atoms with van der Waals surface area (Å²) >= 11 is 0. The zero-order valence-corrected chi connectivity index (χ0v) is 27.2. The largest absolute Gasteiger partial charge is 0.443 e. The number of sulfonamides is 1. The number of carbonyl (C=O) groups is 2. The minimum absolute atomic E-state index is 0.0161. The fourth-order valence-corrected chi connectivity index (χ4v) is 10.0. The van der Waals surface area contributed by atoms with Crippen molar-refractivity contribution in [2.45, 2.75) is 102 Å². The second kappa shape index (κ2) is 15.1. The molecule has 0 aliphatic carbocycles. The van der Waals surface area contributed by atoms with E-state index in [-0.39, 0.29) is 42.7 Å². The van der Waals surface area contributed by atoms with Gasteiger partial charge in [0.2, 0.25) is 10.0 Å². The summed E-state index contributed by atoms with van der Waals surface area (Å²) in [5, 5.41) is 2.68. The molecule has 1 aromatic carbocycles. The fourth-order valence-electron chi connectivity index (χ4n) is 5.54. The van der Waals surface area contributed by atoms with Crippen LogP contribution in [0.3, 0.4) is 0 Å². The van der Waals surface area contributed by atoms with Crippen molar-refractivity contribution in [2.75, 3.05) is 26.3 Å². The van der Waals surface area contributed by atoms with Crippen LogP contribution in [-0.4, -0.2) is 84.3 Å². The highest BCUT2D eigenvalue weighted by atomic mass is 32.2. The molecule has 232 valence electrons. The van der Waals surface area contributed by atoms with Gasteiger partial charge in [0.1, 0.15) is 18.4 Å². The van der Waals surface area contributed by atoms with Crippen LogP contribution in [0.4, 0.5) is 4.79 Å². The van der Waals surface area contributed by atoms with Gasteiger partial charge in [-0.05, 0) is 54.6 Å². The van der Waals surface area contributed by atoms with Crippen molar-refractivity contribution in [1.82, 2.24) is 9.62 Å². The van der Waals surface area contributed by atoms with Crippen molar-refractivity contribution in [2.24, 2.45) is 11.8 Å². The maximum atomic E-state index is 13.9. The van der Waals surface area contributed by atoms with Crippen molar-refractivity contribution in [1.29, 1.82) is 0 Å². The Morgan fingerprint density at radius 3 is 2.32 bits per heavy atom. The first-order chi connectivity index (χ1) is 19.5. The maximum Gasteiger partial charge on any atom is 0.408 e. The highest BCUT2D eigenvalue weighted by Crippen LogP contribution is 2.33. The Labute approximate surface area is 246 Å². The van der Waals surface area contributed by atoms with Crippen LogP contribution < -0.4 is 5.32 Å². The predicted octanol–water partition coefficient (Wildman–Crippen LogP) is 4.34. The first-order valence-corrected chi connectivity index (χ1v) is 18.9. The third-order valence-corrected chi connectivity index (χ3v) is 14.8. The van der Waals surface area contributed by atoms with Gasteiger partial charge in [0.05, 0.1) is 30.1 Å². The van der Waals surface area contributed by atoms with Crippen LogP contribution in [0, 0.1) is 11.8 Å². The standard InChI is InChI=1S/C29H48N2O8SSi/c1-7-22-11-13-23(14-12-22)40(34,35)31(17-21(5)6)18-26(39-41(8-2,9-3)10-4)25(19-32)30-29(33)38-27-20-37-28-24(27)15-16-36-28/h11-14,19,21,24-28H,7-10,15-18,20H2,1-6H3,(H,30,33)/t24-,25-,26+,27-,28+/m0/s1. The lowest BCUT2D eigenvalue weighted by atomic mass is 10.0. The van der Waals surface area contributed by atoms with Gasteiger partial charge in [0.25, 0.3) is 0 Å². The number of hydrogen-bond donors (Lipinski definition) is 1. The number of fused-ring (bicyclic) bond motifs is 1. The van der Waals surface area contributed by atoms with Crippen LogP contribution in [0.1, 0.15) is 53.5 Å². The van der Waals surface area contributed by atoms with Gasteiger partial charge in [-0.1, -0.05) is 53.7 Å². The first-order valence-electron chi connectivity index (χ1n) is 14.9. The molecule has 12 heteroatoms. The normalized spacial score (nSPS) is 22.5. The van der Waals surface area contributed by atoms with Crippen molar-refractivity contribution < 1.29 is 36.6 Å². The summed E-state index contributed by atoms with van der Waals surface area (Å²) in [4.78, 5) is 25.7. The molecule has 2 fully saturated rings. The van der Waals surface area contributed by atoms with E-state index in [0.29, 0.717) is 12.9 Å². The van der Waals surface area contributed by atoms with E-state index in [2.05, 4.69) is 26.1 Å². The Balaban J connectivity index is 1.88. The van der Waals surface area contributed by atoms with Gasteiger partial charge in [-0.15, -0.1) is 0 Å². The number of ether oxygens (including phenoxy) is 3. The number of aryl methyl sites for hydroxylation is 1. The molecule has 2 saturated heterocycles. The van der Waals surface area contributed by atoms with Gasteiger partial charge >= 0.3 is 6.09 Å². The Kier molecular flexibility index (Phi) is 12.4. The second-order valence-corrected chi connectivity index (χ2v) is 18.0. The fraction of sp³-hybridized carbons (Fsp3) is 0.724. The summed E-state index contributed by atoms with van der Waals surface area (Å²) in [6, 6.07) is 8.16. The van der Waals surface area contributed by atoms with E-state index in [9.17, 15) is 18.0 Å². The number of nitrogens with one attached hydrogen (secondary N) is 1. The van der Waals surface area contributed by atoms with E-state index < -0.39 is 42.7 Å². The topological polar surface area (TPSA) is 120 Å². The molecule has 41 heavy (non-hydrogen) atoms. The number of benzene rings is 1. The molecule has 2 aliphatic heterocycles. The molecule has 0 bridgehead atoms. The molecule has 2 aliphatic rings. The van der Waals surface area contributed by atoms with Crippen molar-refractivity contribution in [3.8, 4) is 0 Å².